The summed E-state index contributed by atoms with van der Waals surface area (Å²) in [6, 6.07) is 26.0. The summed E-state index contributed by atoms with van der Waals surface area (Å²) < 4.78 is 0. The van der Waals surface area contributed by atoms with Crippen molar-refractivity contribution in [2.75, 3.05) is 0 Å². The van der Waals surface area contributed by atoms with Crippen LogP contribution in [-0.4, -0.2) is 0 Å². The van der Waals surface area contributed by atoms with Crippen molar-refractivity contribution in [1.29, 1.82) is 0 Å². The van der Waals surface area contributed by atoms with E-state index in [1.165, 1.54) is 33.4 Å². The van der Waals surface area contributed by atoms with E-state index in [0.29, 0.717) is 0 Å². The molecule has 0 bridgehead atoms. The monoisotopic (exact) mass is 390 g/mol. The van der Waals surface area contributed by atoms with Crippen LogP contribution in [0.5, 0.6) is 0 Å². The van der Waals surface area contributed by atoms with Gasteiger partial charge in [-0.05, 0) is 46.2 Å². The highest BCUT2D eigenvalue weighted by Gasteiger charge is 1.90. The van der Waals surface area contributed by atoms with E-state index >= 15 is 0 Å². The van der Waals surface area contributed by atoms with Gasteiger partial charge in [-0.2, -0.15) is 0 Å². The molecule has 0 amide bonds. The third-order valence-corrected chi connectivity index (χ3v) is 5.09. The van der Waals surface area contributed by atoms with E-state index in [9.17, 15) is 0 Å². The van der Waals surface area contributed by atoms with Gasteiger partial charge in [0.15, 0.2) is 0 Å². The Kier molecular flexibility index (Phi) is 8.23. The molecule has 0 aliphatic heterocycles. The van der Waals surface area contributed by atoms with Gasteiger partial charge in [0.2, 0.25) is 0 Å². The van der Waals surface area contributed by atoms with Crippen LogP contribution in [0.2, 0.25) is 0 Å². The Bertz CT molecular complexity index is 922. The third kappa shape index (κ3) is 6.90. The molecule has 3 aromatic rings. The van der Waals surface area contributed by atoms with Crippen molar-refractivity contribution >= 4 is 24.3 Å². The van der Waals surface area contributed by atoms with E-state index in [4.69, 9.17) is 0 Å². The summed E-state index contributed by atoms with van der Waals surface area (Å²) in [5.41, 5.74) is 7.60. The van der Waals surface area contributed by atoms with Crippen LogP contribution in [0.1, 0.15) is 47.2 Å². The summed E-state index contributed by atoms with van der Waals surface area (Å²) in [7, 11) is 0. The minimum absolute atomic E-state index is 1.08. The minimum atomic E-state index is 1.08. The van der Waals surface area contributed by atoms with Gasteiger partial charge in [0.05, 0.1) is 0 Å². The van der Waals surface area contributed by atoms with E-state index in [2.05, 4.69) is 135 Å². The summed E-state index contributed by atoms with van der Waals surface area (Å²) in [4.78, 5) is 0. The smallest absolute Gasteiger partial charge is 0.0256 e. The second-order valence-electron chi connectivity index (χ2n) is 7.29. The van der Waals surface area contributed by atoms with Crippen LogP contribution >= 0.6 is 0 Å². The fourth-order valence-electron chi connectivity index (χ4n) is 3.11. The van der Waals surface area contributed by atoms with Crippen LogP contribution in [-0.2, 0) is 12.8 Å². The first kappa shape index (κ1) is 21.3. The van der Waals surface area contributed by atoms with Crippen molar-refractivity contribution in [2.24, 2.45) is 0 Å². The Morgan fingerprint density at radius 1 is 0.400 bits per heavy atom. The molecule has 0 saturated carbocycles. The van der Waals surface area contributed by atoms with Crippen LogP contribution in [0, 0.1) is 0 Å². The van der Waals surface area contributed by atoms with Gasteiger partial charge in [0.25, 0.3) is 0 Å². The lowest BCUT2D eigenvalue weighted by atomic mass is 10.1. The predicted molar refractivity (Wildman–Crippen MR) is 134 cm³/mol. The molecule has 0 spiro atoms. The molecular weight excluding hydrogens is 360 g/mol. The van der Waals surface area contributed by atoms with E-state index in [0.717, 1.165) is 12.8 Å². The first-order chi connectivity index (χ1) is 14.8. The Hall–Kier alpha value is -3.38. The minimum Gasteiger partial charge on any atom is -0.0617 e. The zero-order valence-electron chi connectivity index (χ0n) is 18.0. The van der Waals surface area contributed by atoms with Crippen LogP contribution in [0.15, 0.2) is 97.1 Å². The molecule has 0 radical (unpaired) electrons. The molecule has 0 fully saturated rings. The Balaban J connectivity index is 1.50. The number of rotatable bonds is 8. The van der Waals surface area contributed by atoms with Gasteiger partial charge >= 0.3 is 0 Å². The zero-order valence-corrected chi connectivity index (χ0v) is 18.0. The molecule has 0 nitrogen and oxygen atoms in total. The fraction of sp³-hybridized carbons (Fsp3) is 0.133. The molecule has 3 rings (SSSR count). The van der Waals surface area contributed by atoms with Crippen molar-refractivity contribution in [1.82, 2.24) is 0 Å². The molecule has 0 aromatic heterocycles. The summed E-state index contributed by atoms with van der Waals surface area (Å²) >= 11 is 0. The van der Waals surface area contributed by atoms with Crippen LogP contribution in [0.25, 0.3) is 24.3 Å². The predicted octanol–water partition coefficient (Wildman–Crippen LogP) is 8.26. The van der Waals surface area contributed by atoms with Gasteiger partial charge in [0.1, 0.15) is 0 Å². The number of aryl methyl sites for hydroxylation is 2. The molecular formula is C30H30. The molecule has 150 valence electrons. The average molecular weight is 391 g/mol. The van der Waals surface area contributed by atoms with E-state index in [1.54, 1.807) is 0 Å². The maximum Gasteiger partial charge on any atom is -0.0256 e. The van der Waals surface area contributed by atoms with Crippen molar-refractivity contribution in [2.45, 2.75) is 26.7 Å². The number of allylic oxidation sites excluding steroid dienone is 4. The highest BCUT2D eigenvalue weighted by Crippen LogP contribution is 2.11. The Labute approximate surface area is 181 Å². The fourth-order valence-corrected chi connectivity index (χ4v) is 3.11. The normalized spacial score (nSPS) is 12.1. The lowest BCUT2D eigenvalue weighted by molar-refractivity contribution is 1.14. The van der Waals surface area contributed by atoms with E-state index < -0.39 is 0 Å². The molecule has 0 heterocycles. The summed E-state index contributed by atoms with van der Waals surface area (Å²) in [5, 5.41) is 0. The Morgan fingerprint density at radius 2 is 0.633 bits per heavy atom. The van der Waals surface area contributed by atoms with Crippen LogP contribution in [0.4, 0.5) is 0 Å². The van der Waals surface area contributed by atoms with Crippen LogP contribution < -0.4 is 0 Å². The maximum absolute atomic E-state index is 2.19. The Morgan fingerprint density at radius 3 is 0.867 bits per heavy atom. The highest BCUT2D eigenvalue weighted by atomic mass is 14.0. The van der Waals surface area contributed by atoms with Crippen molar-refractivity contribution in [3.05, 3.63) is 130 Å². The van der Waals surface area contributed by atoms with Gasteiger partial charge in [-0.15, -0.1) is 0 Å². The first-order valence-electron chi connectivity index (χ1n) is 10.7. The molecule has 0 unspecified atom stereocenters. The SMILES string of the molecule is CCc1ccc(/C=C/C=C/c2ccc(/C=C/C=C/c3ccc(CC)cc3)cc2)cc1. The quantitative estimate of drug-likeness (QED) is 0.340. The summed E-state index contributed by atoms with van der Waals surface area (Å²) in [6.07, 6.45) is 19.0. The first-order valence-corrected chi connectivity index (χ1v) is 10.7. The molecule has 0 atom stereocenters. The van der Waals surface area contributed by atoms with Gasteiger partial charge < -0.3 is 0 Å². The second-order valence-corrected chi connectivity index (χ2v) is 7.29. The molecule has 0 heteroatoms. The van der Waals surface area contributed by atoms with Gasteiger partial charge in [-0.25, -0.2) is 0 Å². The molecule has 30 heavy (non-hydrogen) atoms. The standard InChI is InChI=1S/C30H30/c1-3-25-13-17-27(18-14-25)9-5-7-11-29-21-23-30(24-22-29)12-8-6-10-28-19-15-26(4-2)16-20-28/h5-24H,3-4H2,1-2H3/b9-5+,10-6+,11-7+,12-8+. The average Bonchev–Trinajstić information content (AvgIpc) is 2.81. The lowest BCUT2D eigenvalue weighted by Crippen LogP contribution is -1.78. The summed E-state index contributed by atoms with van der Waals surface area (Å²) in [6.45, 7) is 4.36. The van der Waals surface area contributed by atoms with E-state index in [1.807, 2.05) is 0 Å². The molecule has 0 aliphatic carbocycles. The highest BCUT2D eigenvalue weighted by molar-refractivity contribution is 5.61. The zero-order chi connectivity index (χ0) is 21.0. The topological polar surface area (TPSA) is 0 Å². The third-order valence-electron chi connectivity index (χ3n) is 5.09. The number of hydrogen-bond donors (Lipinski definition) is 0. The maximum atomic E-state index is 2.19. The van der Waals surface area contributed by atoms with Gasteiger partial charge in [-0.1, -0.05) is 135 Å². The largest absolute Gasteiger partial charge is 0.0617 e. The molecule has 0 aliphatic rings. The van der Waals surface area contributed by atoms with Crippen molar-refractivity contribution < 1.29 is 0 Å². The van der Waals surface area contributed by atoms with Gasteiger partial charge in [0, 0.05) is 0 Å². The van der Waals surface area contributed by atoms with Crippen LogP contribution in [0.3, 0.4) is 0 Å². The van der Waals surface area contributed by atoms with Crippen molar-refractivity contribution in [3.63, 3.8) is 0 Å². The number of benzene rings is 3. The molecule has 0 saturated heterocycles. The van der Waals surface area contributed by atoms with Gasteiger partial charge in [-0.3, -0.25) is 0 Å². The van der Waals surface area contributed by atoms with Crippen molar-refractivity contribution in [3.8, 4) is 0 Å². The molecule has 0 N–H and O–H groups in total. The molecule has 3 aromatic carbocycles. The lowest BCUT2D eigenvalue weighted by Gasteiger charge is -1.97. The van der Waals surface area contributed by atoms with E-state index in [-0.39, 0.29) is 0 Å². The second kappa shape index (κ2) is 11.6. The summed E-state index contributed by atoms with van der Waals surface area (Å²) in [5.74, 6) is 0. The number of hydrogen-bond acceptors (Lipinski definition) is 0.